The molecule has 1 aromatic carbocycles. The maximum Gasteiger partial charge on any atom is 0.387 e. The van der Waals surface area contributed by atoms with Crippen molar-refractivity contribution < 1.29 is 32.6 Å². The number of benzene rings is 1. The average Bonchev–Trinajstić information content (AvgIpc) is 3.00. The van der Waals surface area contributed by atoms with E-state index in [2.05, 4.69) is 10.1 Å². The van der Waals surface area contributed by atoms with E-state index in [1.165, 1.54) is 18.2 Å². The molecule has 1 N–H and O–H groups in total. The summed E-state index contributed by atoms with van der Waals surface area (Å²) in [5, 5.41) is 2.35. The molecular weight excluding hydrogens is 300 g/mol. The molecule has 120 valence electrons. The highest BCUT2D eigenvalue weighted by Gasteiger charge is 2.25. The summed E-state index contributed by atoms with van der Waals surface area (Å²) in [5.74, 6) is -1.43. The molecule has 0 bridgehead atoms. The molecule has 0 spiro atoms. The number of esters is 1. The highest BCUT2D eigenvalue weighted by atomic mass is 19.3. The van der Waals surface area contributed by atoms with Crippen molar-refractivity contribution in [2.24, 2.45) is 0 Å². The van der Waals surface area contributed by atoms with Crippen molar-refractivity contribution in [3.63, 3.8) is 0 Å². The van der Waals surface area contributed by atoms with Crippen molar-refractivity contribution in [1.29, 1.82) is 0 Å². The highest BCUT2D eigenvalue weighted by molar-refractivity contribution is 5.94. The summed E-state index contributed by atoms with van der Waals surface area (Å²) in [6.45, 7) is -3.04. The SMILES string of the molecule is O=C(COC(=O)[C@H]1CCCO1)Nc1ccccc1OC(F)F. The maximum atomic E-state index is 12.2. The Balaban J connectivity index is 1.85. The number of nitrogens with one attached hydrogen (secondary N) is 1. The Hall–Kier alpha value is -2.22. The fourth-order valence-corrected chi connectivity index (χ4v) is 1.95. The first-order valence-electron chi connectivity index (χ1n) is 6.68. The number of ether oxygens (including phenoxy) is 3. The van der Waals surface area contributed by atoms with Gasteiger partial charge in [0.25, 0.3) is 5.91 Å². The van der Waals surface area contributed by atoms with Crippen LogP contribution in [0.15, 0.2) is 24.3 Å². The fraction of sp³-hybridized carbons (Fsp3) is 0.429. The van der Waals surface area contributed by atoms with Crippen LogP contribution in [-0.4, -0.2) is 37.8 Å². The summed E-state index contributed by atoms with van der Waals surface area (Å²) in [6, 6.07) is 5.73. The number of carbonyl (C=O) groups excluding carboxylic acids is 2. The molecular formula is C14H15F2NO5. The summed E-state index contributed by atoms with van der Waals surface area (Å²) >= 11 is 0. The van der Waals surface area contributed by atoms with Gasteiger partial charge in [-0.2, -0.15) is 8.78 Å². The Morgan fingerprint density at radius 1 is 1.36 bits per heavy atom. The first-order valence-corrected chi connectivity index (χ1v) is 6.68. The molecule has 6 nitrogen and oxygen atoms in total. The second-order valence-corrected chi connectivity index (χ2v) is 4.53. The van der Waals surface area contributed by atoms with Crippen LogP contribution < -0.4 is 10.1 Å². The molecule has 0 saturated carbocycles. The van der Waals surface area contributed by atoms with Crippen LogP contribution in [0.2, 0.25) is 0 Å². The van der Waals surface area contributed by atoms with Crippen molar-refractivity contribution >= 4 is 17.6 Å². The minimum atomic E-state index is -3.00. The van der Waals surface area contributed by atoms with Gasteiger partial charge in [-0.05, 0) is 25.0 Å². The molecule has 1 heterocycles. The van der Waals surface area contributed by atoms with Gasteiger partial charge in [0.1, 0.15) is 5.75 Å². The third-order valence-electron chi connectivity index (χ3n) is 2.92. The Kier molecular flexibility index (Phi) is 5.65. The lowest BCUT2D eigenvalue weighted by Crippen LogP contribution is -2.27. The van der Waals surface area contributed by atoms with Crippen molar-refractivity contribution in [3.05, 3.63) is 24.3 Å². The largest absolute Gasteiger partial charge is 0.454 e. The number of hydrogen-bond donors (Lipinski definition) is 1. The molecule has 8 heteroatoms. The molecule has 1 aliphatic heterocycles. The lowest BCUT2D eigenvalue weighted by atomic mass is 10.2. The molecule has 0 radical (unpaired) electrons. The van der Waals surface area contributed by atoms with Crippen LogP contribution in [0.4, 0.5) is 14.5 Å². The standard InChI is InChI=1S/C14H15F2NO5/c15-14(16)22-10-5-2-1-4-9(10)17-12(18)8-21-13(19)11-6-3-7-20-11/h1-2,4-5,11,14H,3,6-8H2,(H,17,18)/t11-/m1/s1. The van der Waals surface area contributed by atoms with Gasteiger partial charge in [0.2, 0.25) is 0 Å². The molecule has 1 amide bonds. The monoisotopic (exact) mass is 315 g/mol. The summed E-state index contributed by atoms with van der Waals surface area (Å²) in [6.07, 6.45) is 0.692. The van der Waals surface area contributed by atoms with Gasteiger partial charge in [0.05, 0.1) is 5.69 Å². The van der Waals surface area contributed by atoms with Gasteiger partial charge in [-0.15, -0.1) is 0 Å². The number of anilines is 1. The maximum absolute atomic E-state index is 12.2. The number of carbonyl (C=O) groups is 2. The van der Waals surface area contributed by atoms with Crippen molar-refractivity contribution in [2.75, 3.05) is 18.5 Å². The van der Waals surface area contributed by atoms with E-state index in [9.17, 15) is 18.4 Å². The van der Waals surface area contributed by atoms with E-state index in [0.29, 0.717) is 13.0 Å². The molecule has 0 unspecified atom stereocenters. The number of halogens is 2. The zero-order chi connectivity index (χ0) is 15.9. The van der Waals surface area contributed by atoms with E-state index in [1.54, 1.807) is 6.07 Å². The van der Waals surface area contributed by atoms with Crippen LogP contribution in [-0.2, 0) is 19.1 Å². The van der Waals surface area contributed by atoms with Crippen molar-refractivity contribution in [1.82, 2.24) is 0 Å². The van der Waals surface area contributed by atoms with Crippen LogP contribution in [0.3, 0.4) is 0 Å². The lowest BCUT2D eigenvalue weighted by molar-refractivity contribution is -0.156. The molecule has 1 fully saturated rings. The van der Waals surface area contributed by atoms with E-state index < -0.39 is 31.2 Å². The first kappa shape index (κ1) is 16.2. The van der Waals surface area contributed by atoms with Gasteiger partial charge in [0, 0.05) is 6.61 Å². The summed E-state index contributed by atoms with van der Waals surface area (Å²) in [7, 11) is 0. The second kappa shape index (κ2) is 7.69. The topological polar surface area (TPSA) is 73.9 Å². The van der Waals surface area contributed by atoms with Gasteiger partial charge in [0.15, 0.2) is 12.7 Å². The molecule has 1 saturated heterocycles. The third kappa shape index (κ3) is 4.66. The van der Waals surface area contributed by atoms with Crippen molar-refractivity contribution in [2.45, 2.75) is 25.6 Å². The Morgan fingerprint density at radius 3 is 2.82 bits per heavy atom. The molecule has 0 aromatic heterocycles. The minimum Gasteiger partial charge on any atom is -0.454 e. The summed E-state index contributed by atoms with van der Waals surface area (Å²) in [5.41, 5.74) is 0.0703. The lowest BCUT2D eigenvalue weighted by Gasteiger charge is -2.12. The van der Waals surface area contributed by atoms with Gasteiger partial charge >= 0.3 is 12.6 Å². The summed E-state index contributed by atoms with van der Waals surface area (Å²) in [4.78, 5) is 23.3. The first-order chi connectivity index (χ1) is 10.6. The number of para-hydroxylation sites is 2. The van der Waals surface area contributed by atoms with E-state index in [0.717, 1.165) is 6.42 Å². The number of hydrogen-bond acceptors (Lipinski definition) is 5. The fourth-order valence-electron chi connectivity index (χ4n) is 1.95. The van der Waals surface area contributed by atoms with E-state index in [1.807, 2.05) is 0 Å². The van der Waals surface area contributed by atoms with E-state index in [-0.39, 0.29) is 11.4 Å². The third-order valence-corrected chi connectivity index (χ3v) is 2.92. The number of alkyl halides is 2. The van der Waals surface area contributed by atoms with Crippen LogP contribution in [0.25, 0.3) is 0 Å². The van der Waals surface area contributed by atoms with Crippen LogP contribution in [0.1, 0.15) is 12.8 Å². The second-order valence-electron chi connectivity index (χ2n) is 4.53. The predicted molar refractivity (Wildman–Crippen MR) is 71.6 cm³/mol. The van der Waals surface area contributed by atoms with Crippen LogP contribution in [0.5, 0.6) is 5.75 Å². The minimum absolute atomic E-state index is 0.0703. The molecule has 2 rings (SSSR count). The Labute approximate surface area is 125 Å². The Bertz CT molecular complexity index is 532. The smallest absolute Gasteiger partial charge is 0.387 e. The number of amides is 1. The van der Waals surface area contributed by atoms with Gasteiger partial charge in [-0.1, -0.05) is 12.1 Å². The summed E-state index contributed by atoms with van der Waals surface area (Å²) < 4.78 is 38.7. The molecule has 1 aliphatic rings. The zero-order valence-corrected chi connectivity index (χ0v) is 11.6. The van der Waals surface area contributed by atoms with E-state index >= 15 is 0 Å². The van der Waals surface area contributed by atoms with Gasteiger partial charge in [-0.3, -0.25) is 4.79 Å². The molecule has 0 aliphatic carbocycles. The van der Waals surface area contributed by atoms with Gasteiger partial charge < -0.3 is 19.5 Å². The molecule has 1 atom stereocenters. The normalized spacial score (nSPS) is 17.3. The molecule has 22 heavy (non-hydrogen) atoms. The van der Waals surface area contributed by atoms with Gasteiger partial charge in [-0.25, -0.2) is 4.79 Å². The highest BCUT2D eigenvalue weighted by Crippen LogP contribution is 2.25. The van der Waals surface area contributed by atoms with E-state index in [4.69, 9.17) is 9.47 Å². The predicted octanol–water partition coefficient (Wildman–Crippen LogP) is 1.95. The van der Waals surface area contributed by atoms with Crippen LogP contribution >= 0.6 is 0 Å². The molecule has 1 aromatic rings. The quantitative estimate of drug-likeness (QED) is 0.812. The Morgan fingerprint density at radius 2 is 2.14 bits per heavy atom. The zero-order valence-electron chi connectivity index (χ0n) is 11.6. The van der Waals surface area contributed by atoms with Crippen molar-refractivity contribution in [3.8, 4) is 5.75 Å². The number of rotatable bonds is 6. The van der Waals surface area contributed by atoms with Crippen LogP contribution in [0, 0.1) is 0 Å². The average molecular weight is 315 g/mol.